The maximum absolute atomic E-state index is 12.6. The largest absolute Gasteiger partial charge is 0.493 e. The first-order valence-electron chi connectivity index (χ1n) is 7.45. The van der Waals surface area contributed by atoms with Gasteiger partial charge in [0.05, 0.1) is 25.7 Å². The minimum atomic E-state index is -0.782. The minimum absolute atomic E-state index is 0.0172. The number of methoxy groups -OCH3 is 2. The highest BCUT2D eigenvalue weighted by molar-refractivity contribution is 5.59. The van der Waals surface area contributed by atoms with E-state index in [1.54, 1.807) is 25.1 Å². The summed E-state index contributed by atoms with van der Waals surface area (Å²) >= 11 is 0. The van der Waals surface area contributed by atoms with Crippen LogP contribution in [0.15, 0.2) is 44.9 Å². The Morgan fingerprint density at radius 2 is 2.04 bits per heavy atom. The Bertz CT molecular complexity index is 968. The Kier molecular flexibility index (Phi) is 4.11. The van der Waals surface area contributed by atoms with Crippen molar-refractivity contribution in [1.82, 2.24) is 0 Å². The van der Waals surface area contributed by atoms with Gasteiger partial charge in [0.2, 0.25) is 5.88 Å². The molecule has 1 aliphatic rings. The van der Waals surface area contributed by atoms with Crippen LogP contribution in [0.2, 0.25) is 0 Å². The number of nitrogens with zero attached hydrogens (tertiary/aromatic N) is 1. The quantitative estimate of drug-likeness (QED) is 0.912. The van der Waals surface area contributed by atoms with E-state index in [2.05, 4.69) is 0 Å². The smallest absolute Gasteiger partial charge is 0.299 e. The molecule has 7 nitrogen and oxygen atoms in total. The third-order valence-corrected chi connectivity index (χ3v) is 3.98. The van der Waals surface area contributed by atoms with Gasteiger partial charge in [-0.05, 0) is 13.0 Å². The number of fused-ring (bicyclic) bond motifs is 1. The molecule has 0 spiro atoms. The molecule has 1 aromatic heterocycles. The molecule has 2 aromatic rings. The van der Waals surface area contributed by atoms with Crippen LogP contribution < -0.4 is 25.4 Å². The van der Waals surface area contributed by atoms with E-state index in [0.29, 0.717) is 22.8 Å². The highest BCUT2D eigenvalue weighted by Crippen LogP contribution is 2.45. The first kappa shape index (κ1) is 16.5. The van der Waals surface area contributed by atoms with Crippen molar-refractivity contribution in [2.45, 2.75) is 12.8 Å². The zero-order valence-electron chi connectivity index (χ0n) is 14.0. The zero-order valence-corrected chi connectivity index (χ0v) is 14.0. The summed E-state index contributed by atoms with van der Waals surface area (Å²) in [7, 11) is 2.99. The van der Waals surface area contributed by atoms with Crippen LogP contribution in [0.25, 0.3) is 0 Å². The fourth-order valence-corrected chi connectivity index (χ4v) is 2.94. The second kappa shape index (κ2) is 6.24. The Hall–Kier alpha value is -3.40. The first-order chi connectivity index (χ1) is 12.0. The maximum Gasteiger partial charge on any atom is 0.299 e. The lowest BCUT2D eigenvalue weighted by molar-refractivity contribution is 0.274. The molecule has 0 bridgehead atoms. The molecule has 0 saturated carbocycles. The van der Waals surface area contributed by atoms with Crippen LogP contribution in [0, 0.1) is 18.3 Å². The molecule has 128 valence electrons. The molecule has 0 amide bonds. The first-order valence-corrected chi connectivity index (χ1v) is 7.45. The lowest BCUT2D eigenvalue weighted by Crippen LogP contribution is -2.26. The number of benzene rings is 1. The number of hydrogen-bond acceptors (Lipinski definition) is 7. The van der Waals surface area contributed by atoms with Crippen molar-refractivity contribution >= 4 is 0 Å². The normalized spacial score (nSPS) is 15.8. The van der Waals surface area contributed by atoms with Crippen LogP contribution in [-0.2, 0) is 0 Å². The number of aryl methyl sites for hydroxylation is 1. The standard InChI is InChI=1S/C18H16N2O5/c1-9-7-12(21)15-14(11(8-19)17(20)25-18(15)24-9)10-5-4-6-13(22-2)16(10)23-3/h4-7,14H,20H2,1-3H3. The van der Waals surface area contributed by atoms with E-state index >= 15 is 0 Å². The van der Waals surface area contributed by atoms with E-state index in [0.717, 1.165) is 0 Å². The molecular formula is C18H16N2O5. The number of ether oxygens (including phenoxy) is 3. The summed E-state index contributed by atoms with van der Waals surface area (Å²) in [5.74, 6) is 0.350. The van der Waals surface area contributed by atoms with Crippen molar-refractivity contribution in [3.63, 3.8) is 0 Å². The summed E-state index contributed by atoms with van der Waals surface area (Å²) in [6.07, 6.45) is 0. The van der Waals surface area contributed by atoms with E-state index in [9.17, 15) is 10.1 Å². The summed E-state index contributed by atoms with van der Waals surface area (Å²) in [5.41, 5.74) is 6.45. The lowest BCUT2D eigenvalue weighted by Gasteiger charge is -2.26. The monoisotopic (exact) mass is 340 g/mol. The van der Waals surface area contributed by atoms with E-state index in [-0.39, 0.29) is 28.4 Å². The predicted molar refractivity (Wildman–Crippen MR) is 88.6 cm³/mol. The second-order valence-electron chi connectivity index (χ2n) is 5.43. The van der Waals surface area contributed by atoms with Crippen molar-refractivity contribution in [2.75, 3.05) is 14.2 Å². The van der Waals surface area contributed by atoms with Gasteiger partial charge in [-0.15, -0.1) is 0 Å². The molecule has 1 atom stereocenters. The number of rotatable bonds is 3. The van der Waals surface area contributed by atoms with Gasteiger partial charge in [-0.1, -0.05) is 12.1 Å². The van der Waals surface area contributed by atoms with Crippen LogP contribution in [0.1, 0.15) is 22.8 Å². The van der Waals surface area contributed by atoms with Crippen molar-refractivity contribution in [3.8, 4) is 23.5 Å². The Morgan fingerprint density at radius 3 is 2.68 bits per heavy atom. The molecule has 1 unspecified atom stereocenters. The van der Waals surface area contributed by atoms with Crippen LogP contribution >= 0.6 is 0 Å². The van der Waals surface area contributed by atoms with E-state index in [1.165, 1.54) is 20.3 Å². The molecule has 0 fully saturated rings. The van der Waals surface area contributed by atoms with Crippen LogP contribution in [0.5, 0.6) is 17.4 Å². The van der Waals surface area contributed by atoms with E-state index in [4.69, 9.17) is 24.4 Å². The number of allylic oxidation sites excluding steroid dienone is 1. The Balaban J connectivity index is 2.36. The van der Waals surface area contributed by atoms with Gasteiger partial charge in [-0.2, -0.15) is 5.26 Å². The molecule has 1 aliphatic heterocycles. The molecule has 0 radical (unpaired) electrons. The van der Waals surface area contributed by atoms with Gasteiger partial charge in [0.15, 0.2) is 16.9 Å². The molecule has 3 rings (SSSR count). The highest BCUT2D eigenvalue weighted by Gasteiger charge is 2.37. The van der Waals surface area contributed by atoms with Gasteiger partial charge in [0.1, 0.15) is 17.4 Å². The van der Waals surface area contributed by atoms with Gasteiger partial charge in [0.25, 0.3) is 5.95 Å². The SMILES string of the molecule is COc1cccc(C2C(C#N)=C(N)Oc3oc(C)cc(=O)c32)c1OC. The average Bonchev–Trinajstić information content (AvgIpc) is 2.59. The summed E-state index contributed by atoms with van der Waals surface area (Å²) in [5, 5.41) is 9.58. The van der Waals surface area contributed by atoms with Crippen molar-refractivity contribution < 1.29 is 18.6 Å². The fraction of sp³-hybridized carbons (Fsp3) is 0.222. The van der Waals surface area contributed by atoms with Gasteiger partial charge in [0, 0.05) is 11.6 Å². The van der Waals surface area contributed by atoms with E-state index < -0.39 is 5.92 Å². The molecule has 2 heterocycles. The topological polar surface area (TPSA) is 108 Å². The predicted octanol–water partition coefficient (Wildman–Crippen LogP) is 2.18. The molecular weight excluding hydrogens is 324 g/mol. The molecule has 0 saturated heterocycles. The van der Waals surface area contributed by atoms with Gasteiger partial charge >= 0.3 is 0 Å². The number of nitriles is 1. The van der Waals surface area contributed by atoms with Gasteiger partial charge < -0.3 is 24.4 Å². The number of nitrogens with two attached hydrogens (primary N) is 1. The lowest BCUT2D eigenvalue weighted by atomic mass is 9.84. The molecule has 7 heteroatoms. The van der Waals surface area contributed by atoms with Crippen LogP contribution in [0.4, 0.5) is 0 Å². The summed E-state index contributed by atoms with van der Waals surface area (Å²) in [6, 6.07) is 8.58. The highest BCUT2D eigenvalue weighted by atomic mass is 16.6. The molecule has 25 heavy (non-hydrogen) atoms. The average molecular weight is 340 g/mol. The molecule has 0 aliphatic carbocycles. The van der Waals surface area contributed by atoms with Gasteiger partial charge in [-0.25, -0.2) is 0 Å². The number of hydrogen-bond donors (Lipinski definition) is 1. The van der Waals surface area contributed by atoms with Crippen molar-refractivity contribution in [2.24, 2.45) is 5.73 Å². The third kappa shape index (κ3) is 2.58. The maximum atomic E-state index is 12.6. The summed E-state index contributed by atoms with van der Waals surface area (Å²) in [4.78, 5) is 12.6. The molecule has 1 aromatic carbocycles. The van der Waals surface area contributed by atoms with Crippen LogP contribution in [0.3, 0.4) is 0 Å². The molecule has 2 N–H and O–H groups in total. The summed E-state index contributed by atoms with van der Waals surface area (Å²) in [6.45, 7) is 1.63. The Morgan fingerprint density at radius 1 is 1.28 bits per heavy atom. The second-order valence-corrected chi connectivity index (χ2v) is 5.43. The van der Waals surface area contributed by atoms with Crippen molar-refractivity contribution in [1.29, 1.82) is 5.26 Å². The minimum Gasteiger partial charge on any atom is -0.493 e. The fourth-order valence-electron chi connectivity index (χ4n) is 2.94. The Labute approximate surface area is 143 Å². The van der Waals surface area contributed by atoms with E-state index in [1.807, 2.05) is 6.07 Å². The number of para-hydroxylation sites is 1. The van der Waals surface area contributed by atoms with Crippen molar-refractivity contribution in [3.05, 3.63) is 62.8 Å². The zero-order chi connectivity index (χ0) is 18.1. The third-order valence-electron chi connectivity index (χ3n) is 3.98. The van der Waals surface area contributed by atoms with Gasteiger partial charge in [-0.3, -0.25) is 4.79 Å². The summed E-state index contributed by atoms with van der Waals surface area (Å²) < 4.78 is 21.7. The van der Waals surface area contributed by atoms with Crippen LogP contribution in [-0.4, -0.2) is 14.2 Å².